The minimum atomic E-state index is -4.45. The van der Waals surface area contributed by atoms with E-state index in [4.69, 9.17) is 10.6 Å². The van der Waals surface area contributed by atoms with Gasteiger partial charge < -0.3 is 15.5 Å². The van der Waals surface area contributed by atoms with Crippen LogP contribution in [0.25, 0.3) is 0 Å². The molecule has 1 rings (SSSR count). The Balaban J connectivity index is 2.97. The normalized spacial score (nSPS) is 13.2. The molecule has 0 amide bonds. The molecule has 0 bridgehead atoms. The number of halogens is 3. The van der Waals surface area contributed by atoms with Crippen molar-refractivity contribution in [3.05, 3.63) is 17.7 Å². The summed E-state index contributed by atoms with van der Waals surface area (Å²) in [6, 6.07) is 1.59. The first-order valence-electron chi connectivity index (χ1n) is 5.18. The van der Waals surface area contributed by atoms with Crippen LogP contribution in [0.4, 0.5) is 24.8 Å². The van der Waals surface area contributed by atoms with Crippen molar-refractivity contribution in [3.63, 3.8) is 0 Å². The highest BCUT2D eigenvalue weighted by molar-refractivity contribution is 5.49. The predicted octanol–water partition coefficient (Wildman–Crippen LogP) is 1.83. The van der Waals surface area contributed by atoms with Gasteiger partial charge in [0.05, 0.1) is 12.2 Å². The molecule has 0 saturated carbocycles. The van der Waals surface area contributed by atoms with Gasteiger partial charge in [-0.3, -0.25) is 0 Å². The van der Waals surface area contributed by atoms with Gasteiger partial charge in [0, 0.05) is 13.2 Å². The van der Waals surface area contributed by atoms with E-state index in [1.807, 2.05) is 0 Å². The Morgan fingerprint density at radius 2 is 2.00 bits per heavy atom. The van der Waals surface area contributed by atoms with Crippen LogP contribution in [0.1, 0.15) is 12.5 Å². The first-order valence-corrected chi connectivity index (χ1v) is 5.18. The van der Waals surface area contributed by atoms with Gasteiger partial charge in [-0.2, -0.15) is 13.2 Å². The summed E-state index contributed by atoms with van der Waals surface area (Å²) in [6.45, 7) is 2.12. The topological polar surface area (TPSA) is 72.2 Å². The van der Waals surface area contributed by atoms with E-state index in [0.717, 1.165) is 12.1 Å². The molecular formula is C10H15F3N4O. The van der Waals surface area contributed by atoms with E-state index in [2.05, 4.69) is 15.7 Å². The van der Waals surface area contributed by atoms with E-state index in [0.29, 0.717) is 6.61 Å². The average Bonchev–Trinajstić information content (AvgIpc) is 2.27. The maximum Gasteiger partial charge on any atom is 0.416 e. The fourth-order valence-corrected chi connectivity index (χ4v) is 1.39. The van der Waals surface area contributed by atoms with Gasteiger partial charge in [-0.15, -0.1) is 0 Å². The highest BCUT2D eigenvalue weighted by atomic mass is 19.4. The minimum absolute atomic E-state index is 0.0584. The minimum Gasteiger partial charge on any atom is -0.383 e. The second-order valence-electron chi connectivity index (χ2n) is 3.77. The van der Waals surface area contributed by atoms with Gasteiger partial charge in [-0.1, -0.05) is 0 Å². The third-order valence-corrected chi connectivity index (χ3v) is 2.11. The Kier molecular flexibility index (Phi) is 4.74. The third-order valence-electron chi connectivity index (χ3n) is 2.11. The fraction of sp³-hybridized carbons (Fsp3) is 0.500. The lowest BCUT2D eigenvalue weighted by Gasteiger charge is -2.16. The van der Waals surface area contributed by atoms with E-state index in [1.165, 1.54) is 7.11 Å². The highest BCUT2D eigenvalue weighted by Gasteiger charge is 2.31. The molecule has 1 unspecified atom stereocenters. The lowest BCUT2D eigenvalue weighted by molar-refractivity contribution is -0.137. The van der Waals surface area contributed by atoms with Crippen LogP contribution in [0.15, 0.2) is 12.1 Å². The zero-order valence-electron chi connectivity index (χ0n) is 10.0. The number of anilines is 2. The molecule has 0 aliphatic carbocycles. The summed E-state index contributed by atoms with van der Waals surface area (Å²) in [5, 5.41) is 2.80. The van der Waals surface area contributed by atoms with E-state index < -0.39 is 11.7 Å². The second-order valence-corrected chi connectivity index (χ2v) is 3.77. The molecule has 5 nitrogen and oxygen atoms in total. The number of nitrogen functional groups attached to an aromatic ring is 1. The monoisotopic (exact) mass is 264 g/mol. The average molecular weight is 264 g/mol. The molecule has 0 aliphatic heterocycles. The van der Waals surface area contributed by atoms with Crippen molar-refractivity contribution in [2.45, 2.75) is 19.1 Å². The van der Waals surface area contributed by atoms with Crippen molar-refractivity contribution in [3.8, 4) is 0 Å². The zero-order valence-corrected chi connectivity index (χ0v) is 10.0. The van der Waals surface area contributed by atoms with Crippen molar-refractivity contribution in [1.29, 1.82) is 0 Å². The van der Waals surface area contributed by atoms with Crippen LogP contribution >= 0.6 is 0 Å². The molecule has 1 heterocycles. The number of aromatic nitrogens is 1. The quantitative estimate of drug-likeness (QED) is 0.559. The fourth-order valence-electron chi connectivity index (χ4n) is 1.39. The largest absolute Gasteiger partial charge is 0.416 e. The van der Waals surface area contributed by atoms with Gasteiger partial charge in [-0.05, 0) is 19.1 Å². The van der Waals surface area contributed by atoms with Crippen LogP contribution in [0, 0.1) is 0 Å². The number of rotatable bonds is 5. The number of nitrogens with one attached hydrogen (secondary N) is 2. The zero-order chi connectivity index (χ0) is 13.8. The molecule has 0 spiro atoms. The smallest absolute Gasteiger partial charge is 0.383 e. The number of pyridine rings is 1. The molecule has 1 aromatic heterocycles. The number of nitrogens with zero attached hydrogens (tertiary/aromatic N) is 1. The number of ether oxygens (including phenoxy) is 1. The standard InChI is InChI=1S/C10H15F3N4O/c1-6(5-18-2)15-8-3-7(10(11,12)13)4-9(16-8)17-14/h3-4,6H,5,14H2,1-2H3,(H2,15,16,17). The Morgan fingerprint density at radius 1 is 1.39 bits per heavy atom. The molecular weight excluding hydrogens is 249 g/mol. The number of hydrazine groups is 1. The predicted molar refractivity (Wildman–Crippen MR) is 62.0 cm³/mol. The van der Waals surface area contributed by atoms with Gasteiger partial charge in [0.1, 0.15) is 11.6 Å². The van der Waals surface area contributed by atoms with Crippen molar-refractivity contribution in [2.24, 2.45) is 5.84 Å². The van der Waals surface area contributed by atoms with Gasteiger partial charge in [0.15, 0.2) is 0 Å². The van der Waals surface area contributed by atoms with Gasteiger partial charge in [-0.25, -0.2) is 10.8 Å². The Morgan fingerprint density at radius 3 is 2.50 bits per heavy atom. The lowest BCUT2D eigenvalue weighted by atomic mass is 10.2. The Labute approximate surface area is 102 Å². The molecule has 4 N–H and O–H groups in total. The first kappa shape index (κ1) is 14.5. The van der Waals surface area contributed by atoms with Crippen molar-refractivity contribution in [1.82, 2.24) is 4.98 Å². The van der Waals surface area contributed by atoms with Gasteiger partial charge in [0.2, 0.25) is 0 Å². The van der Waals surface area contributed by atoms with Crippen LogP contribution in [0.3, 0.4) is 0 Å². The molecule has 0 aliphatic rings. The summed E-state index contributed by atoms with van der Waals surface area (Å²) in [6.07, 6.45) is -4.45. The van der Waals surface area contributed by atoms with Crippen LogP contribution in [-0.2, 0) is 10.9 Å². The maximum atomic E-state index is 12.6. The summed E-state index contributed by atoms with van der Waals surface area (Å²) >= 11 is 0. The van der Waals surface area contributed by atoms with Crippen LogP contribution < -0.4 is 16.6 Å². The summed E-state index contributed by atoms with van der Waals surface area (Å²) in [5.41, 5.74) is 1.28. The molecule has 0 fully saturated rings. The van der Waals surface area contributed by atoms with Crippen molar-refractivity contribution in [2.75, 3.05) is 24.5 Å². The van der Waals surface area contributed by atoms with E-state index in [9.17, 15) is 13.2 Å². The van der Waals surface area contributed by atoms with Crippen LogP contribution in [0.2, 0.25) is 0 Å². The summed E-state index contributed by atoms with van der Waals surface area (Å²) in [4.78, 5) is 3.88. The SMILES string of the molecule is COCC(C)Nc1cc(C(F)(F)F)cc(NN)n1. The summed E-state index contributed by atoms with van der Waals surface area (Å²) < 4.78 is 42.7. The van der Waals surface area contributed by atoms with E-state index in [1.54, 1.807) is 6.92 Å². The summed E-state index contributed by atoms with van der Waals surface area (Å²) in [5.74, 6) is 5.12. The molecule has 0 aromatic carbocycles. The van der Waals surface area contributed by atoms with Crippen LogP contribution in [0.5, 0.6) is 0 Å². The maximum absolute atomic E-state index is 12.6. The molecule has 18 heavy (non-hydrogen) atoms. The molecule has 102 valence electrons. The molecule has 0 radical (unpaired) electrons. The van der Waals surface area contributed by atoms with Gasteiger partial charge in [0.25, 0.3) is 0 Å². The lowest BCUT2D eigenvalue weighted by Crippen LogP contribution is -2.22. The van der Waals surface area contributed by atoms with E-state index >= 15 is 0 Å². The summed E-state index contributed by atoms with van der Waals surface area (Å²) in [7, 11) is 1.50. The molecule has 1 aromatic rings. The highest BCUT2D eigenvalue weighted by Crippen LogP contribution is 2.31. The van der Waals surface area contributed by atoms with E-state index in [-0.39, 0.29) is 17.7 Å². The number of hydrogen-bond acceptors (Lipinski definition) is 5. The second kappa shape index (κ2) is 5.87. The van der Waals surface area contributed by atoms with Crippen molar-refractivity contribution >= 4 is 11.6 Å². The van der Waals surface area contributed by atoms with Crippen LogP contribution in [-0.4, -0.2) is 24.7 Å². The Hall–Kier alpha value is -1.54. The first-order chi connectivity index (χ1) is 8.36. The van der Waals surface area contributed by atoms with Gasteiger partial charge >= 0.3 is 6.18 Å². The number of hydrogen-bond donors (Lipinski definition) is 3. The number of nitrogens with two attached hydrogens (primary N) is 1. The number of methoxy groups -OCH3 is 1. The third kappa shape index (κ3) is 4.04. The molecule has 1 atom stereocenters. The number of alkyl halides is 3. The molecule has 0 saturated heterocycles. The van der Waals surface area contributed by atoms with Crippen molar-refractivity contribution < 1.29 is 17.9 Å². The molecule has 8 heteroatoms. The Bertz CT molecular complexity index is 397.